The molecule has 30 heavy (non-hydrogen) atoms. The van der Waals surface area contributed by atoms with E-state index in [1.54, 1.807) is 30.0 Å². The molecule has 3 atom stereocenters. The number of likely N-dealkylation sites (tertiary alicyclic amines) is 1. The summed E-state index contributed by atoms with van der Waals surface area (Å²) in [5, 5.41) is 0. The predicted molar refractivity (Wildman–Crippen MR) is 110 cm³/mol. The molecular weight excluding hydrogens is 410 g/mol. The van der Waals surface area contributed by atoms with Crippen molar-refractivity contribution in [2.24, 2.45) is 5.92 Å². The summed E-state index contributed by atoms with van der Waals surface area (Å²) in [6.07, 6.45) is 2.26. The molecule has 2 fully saturated rings. The van der Waals surface area contributed by atoms with E-state index in [2.05, 4.69) is 4.72 Å². The number of sulfonamides is 1. The zero-order chi connectivity index (χ0) is 21.7. The Morgan fingerprint density at radius 3 is 2.47 bits per heavy atom. The summed E-state index contributed by atoms with van der Waals surface area (Å²) in [7, 11) is -3.38. The average molecular weight is 435 g/mol. The lowest BCUT2D eigenvalue weighted by molar-refractivity contribution is -0.131. The highest BCUT2D eigenvalue weighted by molar-refractivity contribution is 7.88. The number of benzene rings is 2. The first-order valence-electron chi connectivity index (χ1n) is 9.89. The molecule has 2 aliphatic rings. The number of rotatable bonds is 5. The van der Waals surface area contributed by atoms with E-state index in [-0.39, 0.29) is 23.3 Å². The van der Waals surface area contributed by atoms with Crippen molar-refractivity contribution in [3.8, 4) is 11.1 Å². The Morgan fingerprint density at radius 2 is 1.80 bits per heavy atom. The molecule has 1 saturated carbocycles. The molecule has 1 N–H and O–H groups in total. The van der Waals surface area contributed by atoms with Crippen LogP contribution in [0, 0.1) is 17.6 Å². The fraction of sp³-hybridized carbons (Fsp3) is 0.409. The molecule has 0 radical (unpaired) electrons. The van der Waals surface area contributed by atoms with Gasteiger partial charge in [-0.15, -0.1) is 0 Å². The van der Waals surface area contributed by atoms with Gasteiger partial charge in [-0.3, -0.25) is 4.79 Å². The third kappa shape index (κ3) is 4.11. The molecule has 160 valence electrons. The summed E-state index contributed by atoms with van der Waals surface area (Å²) in [6.45, 7) is 2.58. The van der Waals surface area contributed by atoms with Gasteiger partial charge in [-0.2, -0.15) is 0 Å². The van der Waals surface area contributed by atoms with E-state index in [4.69, 9.17) is 0 Å². The van der Waals surface area contributed by atoms with Crippen molar-refractivity contribution < 1.29 is 22.0 Å². The lowest BCUT2D eigenvalue weighted by Crippen LogP contribution is -2.48. The Morgan fingerprint density at radius 1 is 1.13 bits per heavy atom. The molecule has 2 aromatic carbocycles. The smallest absolute Gasteiger partial charge is 0.226 e. The molecule has 1 amide bonds. The van der Waals surface area contributed by atoms with Crippen LogP contribution < -0.4 is 4.72 Å². The summed E-state index contributed by atoms with van der Waals surface area (Å²) >= 11 is 0. The van der Waals surface area contributed by atoms with Gasteiger partial charge >= 0.3 is 0 Å². The van der Waals surface area contributed by atoms with Crippen molar-refractivity contribution in [2.45, 2.75) is 31.2 Å². The number of carbonyl (C=O) groups is 1. The minimum atomic E-state index is -3.38. The van der Waals surface area contributed by atoms with Gasteiger partial charge in [0.05, 0.1) is 11.8 Å². The molecule has 1 heterocycles. The molecule has 0 aromatic heterocycles. The summed E-state index contributed by atoms with van der Waals surface area (Å²) in [5.74, 6) is -1.67. The number of halogens is 2. The highest BCUT2D eigenvalue weighted by Crippen LogP contribution is 2.52. The highest BCUT2D eigenvalue weighted by atomic mass is 32.2. The van der Waals surface area contributed by atoms with E-state index in [1.165, 1.54) is 18.2 Å². The van der Waals surface area contributed by atoms with Crippen LogP contribution in [0.5, 0.6) is 0 Å². The molecule has 5 nitrogen and oxygen atoms in total. The number of carbonyl (C=O) groups excluding carboxylic acids is 1. The summed E-state index contributed by atoms with van der Waals surface area (Å²) in [5.41, 5.74) is 0.480. The van der Waals surface area contributed by atoms with Gasteiger partial charge in [-0.05, 0) is 48.9 Å². The fourth-order valence-electron chi connectivity index (χ4n) is 4.53. The monoisotopic (exact) mass is 434 g/mol. The second-order valence-corrected chi connectivity index (χ2v) is 10.3. The SMILES string of the molecule is C[C@]1(NS(C)(=O)=O)CCN(C(=O)[C@@H]2C[C@H]2c2ccccc2-c2c(F)cccc2F)C1. The molecule has 0 bridgehead atoms. The van der Waals surface area contributed by atoms with Crippen LogP contribution >= 0.6 is 0 Å². The predicted octanol–water partition coefficient (Wildman–Crippen LogP) is 3.28. The maximum Gasteiger partial charge on any atom is 0.226 e. The van der Waals surface area contributed by atoms with Crippen molar-refractivity contribution in [1.29, 1.82) is 0 Å². The molecule has 1 aliphatic carbocycles. The van der Waals surface area contributed by atoms with Crippen LogP contribution in [0.2, 0.25) is 0 Å². The molecule has 1 aliphatic heterocycles. The van der Waals surface area contributed by atoms with E-state index < -0.39 is 27.2 Å². The zero-order valence-electron chi connectivity index (χ0n) is 16.9. The lowest BCUT2D eigenvalue weighted by atomic mass is 9.95. The lowest BCUT2D eigenvalue weighted by Gasteiger charge is -2.25. The van der Waals surface area contributed by atoms with Gasteiger partial charge in [-0.25, -0.2) is 21.9 Å². The first kappa shape index (κ1) is 20.9. The summed E-state index contributed by atoms with van der Waals surface area (Å²) in [6, 6.07) is 10.8. The van der Waals surface area contributed by atoms with Crippen molar-refractivity contribution >= 4 is 15.9 Å². The Bertz CT molecular complexity index is 1090. The molecule has 0 spiro atoms. The van der Waals surface area contributed by atoms with Crippen molar-refractivity contribution in [1.82, 2.24) is 9.62 Å². The molecular formula is C22H24F2N2O3S. The number of hydrogen-bond donors (Lipinski definition) is 1. The number of nitrogens with zero attached hydrogens (tertiary/aromatic N) is 1. The van der Waals surface area contributed by atoms with Gasteiger partial charge in [0, 0.05) is 24.5 Å². The molecule has 8 heteroatoms. The average Bonchev–Trinajstić information content (AvgIpc) is 3.36. The minimum absolute atomic E-state index is 0.0390. The highest BCUT2D eigenvalue weighted by Gasteiger charge is 2.49. The normalized spacial score (nSPS) is 26.1. The van der Waals surface area contributed by atoms with Crippen LogP contribution in [0.1, 0.15) is 31.2 Å². The Kier molecular flexibility index (Phi) is 5.18. The topological polar surface area (TPSA) is 66.5 Å². The van der Waals surface area contributed by atoms with E-state index in [1.807, 2.05) is 6.07 Å². The third-order valence-corrected chi connectivity index (χ3v) is 6.78. The Balaban J connectivity index is 1.53. The molecule has 1 saturated heterocycles. The number of amides is 1. The van der Waals surface area contributed by atoms with Crippen LogP contribution in [0.3, 0.4) is 0 Å². The first-order valence-corrected chi connectivity index (χ1v) is 11.8. The van der Waals surface area contributed by atoms with E-state index in [0.717, 1.165) is 11.8 Å². The van der Waals surface area contributed by atoms with Gasteiger partial charge in [0.25, 0.3) is 0 Å². The van der Waals surface area contributed by atoms with Crippen LogP contribution in [0.4, 0.5) is 8.78 Å². The van der Waals surface area contributed by atoms with Gasteiger partial charge in [-0.1, -0.05) is 30.3 Å². The molecule has 0 unspecified atom stereocenters. The number of hydrogen-bond acceptors (Lipinski definition) is 3. The third-order valence-electron chi connectivity index (χ3n) is 5.92. The second-order valence-electron chi connectivity index (χ2n) is 8.58. The quantitative estimate of drug-likeness (QED) is 0.786. The zero-order valence-corrected chi connectivity index (χ0v) is 17.7. The van der Waals surface area contributed by atoms with Crippen LogP contribution in [-0.2, 0) is 14.8 Å². The van der Waals surface area contributed by atoms with Crippen molar-refractivity contribution in [3.05, 3.63) is 59.7 Å². The van der Waals surface area contributed by atoms with Gasteiger partial charge in [0.15, 0.2) is 0 Å². The second kappa shape index (κ2) is 7.42. The number of nitrogens with one attached hydrogen (secondary N) is 1. The maximum absolute atomic E-state index is 14.4. The Hall–Kier alpha value is -2.32. The standard InChI is InChI=1S/C22H24F2N2O3S/c1-22(25-30(2,28)29)10-11-26(13-22)21(27)17-12-16(17)14-6-3-4-7-15(14)20-18(23)8-5-9-19(20)24/h3-9,16-17,25H,10-13H2,1-2H3/t16-,17+,22-/m0/s1. The molecule has 4 rings (SSSR count). The van der Waals surface area contributed by atoms with Crippen molar-refractivity contribution in [3.63, 3.8) is 0 Å². The maximum atomic E-state index is 14.4. The summed E-state index contributed by atoms with van der Waals surface area (Å²) < 4.78 is 54.5. The fourth-order valence-corrected chi connectivity index (χ4v) is 5.59. The Labute approximate surface area is 175 Å². The van der Waals surface area contributed by atoms with Crippen LogP contribution in [0.25, 0.3) is 11.1 Å². The van der Waals surface area contributed by atoms with E-state index >= 15 is 0 Å². The van der Waals surface area contributed by atoms with E-state index in [0.29, 0.717) is 31.5 Å². The minimum Gasteiger partial charge on any atom is -0.340 e. The first-order chi connectivity index (χ1) is 14.1. The van der Waals surface area contributed by atoms with Crippen molar-refractivity contribution in [2.75, 3.05) is 19.3 Å². The van der Waals surface area contributed by atoms with Gasteiger partial charge in [0.2, 0.25) is 15.9 Å². The molecule has 2 aromatic rings. The summed E-state index contributed by atoms with van der Waals surface area (Å²) in [4.78, 5) is 14.7. The van der Waals surface area contributed by atoms with Crippen LogP contribution in [0.15, 0.2) is 42.5 Å². The van der Waals surface area contributed by atoms with Gasteiger partial charge < -0.3 is 4.90 Å². The van der Waals surface area contributed by atoms with Gasteiger partial charge in [0.1, 0.15) is 11.6 Å². The largest absolute Gasteiger partial charge is 0.340 e. The van der Waals surface area contributed by atoms with Crippen LogP contribution in [-0.4, -0.2) is 44.1 Å². The van der Waals surface area contributed by atoms with E-state index in [9.17, 15) is 22.0 Å².